The Morgan fingerprint density at radius 2 is 1.48 bits per heavy atom. The van der Waals surface area contributed by atoms with Crippen LogP contribution in [-0.2, 0) is 10.1 Å². The first-order valence-corrected chi connectivity index (χ1v) is 8.22. The first-order chi connectivity index (χ1) is 11.4. The van der Waals surface area contributed by atoms with Crippen molar-refractivity contribution in [1.29, 1.82) is 0 Å². The van der Waals surface area contributed by atoms with Crippen molar-refractivity contribution in [3.8, 4) is 0 Å². The van der Waals surface area contributed by atoms with E-state index in [1.54, 1.807) is 24.3 Å². The third-order valence-corrected chi connectivity index (χ3v) is 4.29. The normalized spacial score (nSPS) is 11.6. The summed E-state index contributed by atoms with van der Waals surface area (Å²) < 4.78 is 48.1. The zero-order valence-corrected chi connectivity index (χ0v) is 16.0. The molecule has 9 heteroatoms. The van der Waals surface area contributed by atoms with Crippen LogP contribution in [0.3, 0.4) is 0 Å². The van der Waals surface area contributed by atoms with Gasteiger partial charge < -0.3 is 10.3 Å². The van der Waals surface area contributed by atoms with Crippen LogP contribution in [-0.4, -0.2) is 13.0 Å². The number of nitrogen functional groups attached to an aromatic ring is 1. The minimum absolute atomic E-state index is 0. The molecule has 3 rings (SSSR count). The van der Waals surface area contributed by atoms with Crippen LogP contribution in [0.1, 0.15) is 0 Å². The fourth-order valence-electron chi connectivity index (χ4n) is 2.28. The number of nitrogens with zero attached hydrogens (tertiary/aromatic N) is 2. The fourth-order valence-corrected chi connectivity index (χ4v) is 2.98. The monoisotopic (exact) mass is 367 g/mol. The molecule has 2 N–H and O–H groups in total. The Morgan fingerprint density at radius 3 is 2.12 bits per heavy atom. The first kappa shape index (κ1) is 19.5. The molecular formula is C16H11FN3NaO3S. The SMILES string of the molecule is Nc1c(N=Nc2ccccc2F)cc(S(=O)(=O)[O-])c2ccccc12.[Na+]. The maximum Gasteiger partial charge on any atom is 1.00 e. The van der Waals surface area contributed by atoms with Gasteiger partial charge >= 0.3 is 29.6 Å². The van der Waals surface area contributed by atoms with Gasteiger partial charge in [0.1, 0.15) is 21.5 Å². The second-order valence-corrected chi connectivity index (χ2v) is 6.31. The molecule has 25 heavy (non-hydrogen) atoms. The molecule has 0 fully saturated rings. The maximum atomic E-state index is 13.6. The molecule has 0 bridgehead atoms. The number of rotatable bonds is 3. The van der Waals surface area contributed by atoms with Crippen molar-refractivity contribution in [3.63, 3.8) is 0 Å². The Labute approximate surface area is 165 Å². The predicted octanol–water partition coefficient (Wildman–Crippen LogP) is 0.885. The van der Waals surface area contributed by atoms with Crippen LogP contribution in [0, 0.1) is 5.82 Å². The molecule has 0 unspecified atom stereocenters. The van der Waals surface area contributed by atoms with Crippen LogP contribution in [0.4, 0.5) is 21.5 Å². The molecular weight excluding hydrogens is 356 g/mol. The Kier molecular flexibility index (Phi) is 5.91. The van der Waals surface area contributed by atoms with Crippen LogP contribution in [0.25, 0.3) is 10.8 Å². The number of azo groups is 1. The number of hydrogen-bond acceptors (Lipinski definition) is 6. The molecule has 0 aliphatic carbocycles. The fraction of sp³-hybridized carbons (Fsp3) is 0. The van der Waals surface area contributed by atoms with Crippen molar-refractivity contribution >= 4 is 38.0 Å². The summed E-state index contributed by atoms with van der Waals surface area (Å²) in [5.41, 5.74) is 6.09. The number of nitrogens with two attached hydrogens (primary N) is 1. The Hall–Kier alpha value is -1.84. The number of fused-ring (bicyclic) bond motifs is 1. The zero-order chi connectivity index (χ0) is 17.3. The summed E-state index contributed by atoms with van der Waals surface area (Å²) in [6, 6.07) is 13.0. The van der Waals surface area contributed by atoms with Gasteiger partial charge in [-0.25, -0.2) is 12.8 Å². The molecule has 0 atom stereocenters. The van der Waals surface area contributed by atoms with Crippen LogP contribution in [0.2, 0.25) is 0 Å². The van der Waals surface area contributed by atoms with Crippen LogP contribution < -0.4 is 35.3 Å². The molecule has 3 aromatic rings. The molecule has 0 saturated carbocycles. The minimum atomic E-state index is -4.74. The van der Waals surface area contributed by atoms with Crippen molar-refractivity contribution in [2.75, 3.05) is 5.73 Å². The van der Waals surface area contributed by atoms with Crippen LogP contribution >= 0.6 is 0 Å². The molecule has 6 nitrogen and oxygen atoms in total. The van der Waals surface area contributed by atoms with E-state index in [1.165, 1.54) is 24.3 Å². The van der Waals surface area contributed by atoms with Crippen molar-refractivity contribution in [2.24, 2.45) is 10.2 Å². The Morgan fingerprint density at radius 1 is 0.920 bits per heavy atom. The zero-order valence-electron chi connectivity index (χ0n) is 13.2. The third kappa shape index (κ3) is 4.05. The van der Waals surface area contributed by atoms with Crippen molar-refractivity contribution in [2.45, 2.75) is 4.90 Å². The van der Waals surface area contributed by atoms with Gasteiger partial charge in [0.25, 0.3) is 0 Å². The number of halogens is 1. The van der Waals surface area contributed by atoms with Gasteiger partial charge in [0, 0.05) is 10.8 Å². The third-order valence-electron chi connectivity index (χ3n) is 3.41. The first-order valence-electron chi connectivity index (χ1n) is 6.81. The van der Waals surface area contributed by atoms with Crippen molar-refractivity contribution in [1.82, 2.24) is 0 Å². The van der Waals surface area contributed by atoms with E-state index in [1.807, 2.05) is 0 Å². The van der Waals surface area contributed by atoms with Crippen molar-refractivity contribution in [3.05, 3.63) is 60.4 Å². The van der Waals surface area contributed by atoms with Gasteiger partial charge in [0.2, 0.25) is 0 Å². The summed E-state index contributed by atoms with van der Waals surface area (Å²) in [7, 11) is -4.74. The average Bonchev–Trinajstić information content (AvgIpc) is 2.54. The predicted molar refractivity (Wildman–Crippen MR) is 86.9 cm³/mol. The number of benzene rings is 3. The van der Waals surface area contributed by atoms with E-state index in [4.69, 9.17) is 5.73 Å². The van der Waals surface area contributed by atoms with E-state index in [-0.39, 0.29) is 52.0 Å². The van der Waals surface area contributed by atoms with E-state index in [9.17, 15) is 17.4 Å². The van der Waals surface area contributed by atoms with Crippen LogP contribution in [0.5, 0.6) is 0 Å². The summed E-state index contributed by atoms with van der Waals surface area (Å²) in [6.45, 7) is 0. The van der Waals surface area contributed by atoms with Gasteiger partial charge in [-0.15, -0.1) is 10.2 Å². The van der Waals surface area contributed by atoms with E-state index >= 15 is 0 Å². The summed E-state index contributed by atoms with van der Waals surface area (Å²) in [5, 5.41) is 8.12. The summed E-state index contributed by atoms with van der Waals surface area (Å²) >= 11 is 0. The molecule has 0 aromatic heterocycles. The largest absolute Gasteiger partial charge is 1.00 e. The van der Waals surface area contributed by atoms with Gasteiger partial charge in [0.15, 0.2) is 5.82 Å². The quantitative estimate of drug-likeness (QED) is 0.321. The van der Waals surface area contributed by atoms with Gasteiger partial charge in [0.05, 0.1) is 10.6 Å². The van der Waals surface area contributed by atoms with E-state index < -0.39 is 20.8 Å². The topological polar surface area (TPSA) is 108 Å². The smallest absolute Gasteiger partial charge is 0.744 e. The standard InChI is InChI=1S/C16H12FN3O3S.Na/c17-12-7-3-4-8-13(12)19-20-14-9-15(24(21,22)23)10-5-1-2-6-11(10)16(14)18;/h1-9H,18H2,(H,21,22,23);/q;+1/p-1. The number of anilines is 1. The summed E-state index contributed by atoms with van der Waals surface area (Å²) in [4.78, 5) is -0.449. The second kappa shape index (κ2) is 7.59. The molecule has 0 spiro atoms. The van der Waals surface area contributed by atoms with Gasteiger partial charge in [-0.2, -0.15) is 0 Å². The molecule has 3 aromatic carbocycles. The van der Waals surface area contributed by atoms with Gasteiger partial charge in [-0.1, -0.05) is 36.4 Å². The van der Waals surface area contributed by atoms with E-state index in [0.717, 1.165) is 6.07 Å². The molecule has 0 saturated heterocycles. The minimum Gasteiger partial charge on any atom is -0.744 e. The molecule has 0 aliphatic rings. The second-order valence-electron chi connectivity index (χ2n) is 4.96. The van der Waals surface area contributed by atoms with Gasteiger partial charge in [-0.3, -0.25) is 0 Å². The van der Waals surface area contributed by atoms with Crippen LogP contribution in [0.15, 0.2) is 69.7 Å². The van der Waals surface area contributed by atoms with Gasteiger partial charge in [-0.05, 0) is 18.2 Å². The number of hydrogen-bond donors (Lipinski definition) is 1. The molecule has 0 heterocycles. The summed E-state index contributed by atoms with van der Waals surface area (Å²) in [6.07, 6.45) is 0. The average molecular weight is 367 g/mol. The molecule has 0 amide bonds. The Balaban J connectivity index is 0.00000225. The maximum absolute atomic E-state index is 13.6. The van der Waals surface area contributed by atoms with E-state index in [0.29, 0.717) is 5.39 Å². The van der Waals surface area contributed by atoms with Crippen molar-refractivity contribution < 1.29 is 46.9 Å². The molecule has 0 aliphatic heterocycles. The van der Waals surface area contributed by atoms with E-state index in [2.05, 4.69) is 10.2 Å². The Bertz CT molecular complexity index is 1070. The molecule has 0 radical (unpaired) electrons. The summed E-state index contributed by atoms with van der Waals surface area (Å²) in [5.74, 6) is -0.586. The molecule has 122 valence electrons.